The number of pyridine rings is 1. The summed E-state index contributed by atoms with van der Waals surface area (Å²) in [7, 11) is 1.37. The third kappa shape index (κ3) is 3.40. The van der Waals surface area contributed by atoms with E-state index in [2.05, 4.69) is 4.98 Å². The molecule has 0 aliphatic carbocycles. The first-order chi connectivity index (χ1) is 11.6. The maximum atomic E-state index is 11.4. The second kappa shape index (κ2) is 6.74. The Kier molecular flexibility index (Phi) is 4.51. The Morgan fingerprint density at radius 1 is 1.17 bits per heavy atom. The van der Waals surface area contributed by atoms with Gasteiger partial charge in [0.15, 0.2) is 0 Å². The van der Waals surface area contributed by atoms with E-state index in [0.717, 1.165) is 27.9 Å². The van der Waals surface area contributed by atoms with Crippen molar-refractivity contribution in [2.45, 2.75) is 26.9 Å². The molecule has 0 atom stereocenters. The topological polar surface area (TPSA) is 61.6 Å². The molecule has 3 rings (SSSR count). The molecule has 5 nitrogen and oxygen atoms in total. The minimum absolute atomic E-state index is 0.192. The molecule has 0 saturated carbocycles. The van der Waals surface area contributed by atoms with Crippen molar-refractivity contribution < 1.29 is 18.7 Å². The van der Waals surface area contributed by atoms with E-state index in [1.807, 2.05) is 44.2 Å². The number of benzene rings is 1. The van der Waals surface area contributed by atoms with Crippen LogP contribution in [0.2, 0.25) is 0 Å². The van der Waals surface area contributed by atoms with Crippen molar-refractivity contribution in [2.75, 3.05) is 7.11 Å². The van der Waals surface area contributed by atoms with Crippen molar-refractivity contribution in [3.05, 3.63) is 59.1 Å². The number of nitrogens with zero attached hydrogens (tertiary/aromatic N) is 1. The van der Waals surface area contributed by atoms with E-state index in [-0.39, 0.29) is 12.4 Å². The van der Waals surface area contributed by atoms with E-state index in [1.165, 1.54) is 7.11 Å². The lowest BCUT2D eigenvalue weighted by Gasteiger charge is -2.09. The number of aromatic nitrogens is 1. The summed E-state index contributed by atoms with van der Waals surface area (Å²) in [6, 6.07) is 9.59. The number of esters is 1. The summed E-state index contributed by atoms with van der Waals surface area (Å²) >= 11 is 0. The summed E-state index contributed by atoms with van der Waals surface area (Å²) in [5.74, 6) is 0.418. The molecule has 0 fully saturated rings. The van der Waals surface area contributed by atoms with Gasteiger partial charge in [-0.3, -0.25) is 9.78 Å². The molecule has 0 aliphatic rings. The number of furan rings is 1. The Bertz CT molecular complexity index is 882. The van der Waals surface area contributed by atoms with Crippen LogP contribution in [0.4, 0.5) is 0 Å². The number of ether oxygens (including phenoxy) is 2. The van der Waals surface area contributed by atoms with Crippen molar-refractivity contribution in [3.8, 4) is 5.75 Å². The Balaban J connectivity index is 1.75. The molecule has 0 aliphatic heterocycles. The minimum Gasteiger partial charge on any atom is -0.489 e. The van der Waals surface area contributed by atoms with E-state index in [1.54, 1.807) is 6.26 Å². The van der Waals surface area contributed by atoms with Gasteiger partial charge in [-0.05, 0) is 32.0 Å². The van der Waals surface area contributed by atoms with Gasteiger partial charge >= 0.3 is 5.97 Å². The zero-order chi connectivity index (χ0) is 17.1. The molecule has 0 radical (unpaired) electrons. The second-order valence-corrected chi connectivity index (χ2v) is 5.66. The number of carbonyl (C=O) groups is 1. The Labute approximate surface area is 140 Å². The SMILES string of the molecule is COC(=O)Cc1coc2cc(OCc3ccc(C)nc3C)ccc12. The Morgan fingerprint density at radius 2 is 2.00 bits per heavy atom. The fourth-order valence-corrected chi connectivity index (χ4v) is 2.55. The molecule has 0 saturated heterocycles. The van der Waals surface area contributed by atoms with Gasteiger partial charge in [0.1, 0.15) is 17.9 Å². The predicted octanol–water partition coefficient (Wildman–Crippen LogP) is 3.74. The van der Waals surface area contributed by atoms with E-state index in [9.17, 15) is 4.79 Å². The van der Waals surface area contributed by atoms with Crippen LogP contribution < -0.4 is 4.74 Å². The van der Waals surface area contributed by atoms with Crippen LogP contribution in [0.15, 0.2) is 41.0 Å². The monoisotopic (exact) mass is 325 g/mol. The van der Waals surface area contributed by atoms with Crippen LogP contribution in [0.3, 0.4) is 0 Å². The van der Waals surface area contributed by atoms with Crippen LogP contribution in [0.5, 0.6) is 5.75 Å². The van der Waals surface area contributed by atoms with Crippen molar-refractivity contribution in [1.29, 1.82) is 0 Å². The minimum atomic E-state index is -0.291. The van der Waals surface area contributed by atoms with Crippen molar-refractivity contribution in [3.63, 3.8) is 0 Å². The summed E-state index contributed by atoms with van der Waals surface area (Å²) in [5, 5.41) is 0.890. The molecule has 0 unspecified atom stereocenters. The van der Waals surface area contributed by atoms with Crippen molar-refractivity contribution >= 4 is 16.9 Å². The van der Waals surface area contributed by atoms with Gasteiger partial charge in [0, 0.05) is 34.0 Å². The smallest absolute Gasteiger partial charge is 0.310 e. The highest BCUT2D eigenvalue weighted by atomic mass is 16.5. The lowest BCUT2D eigenvalue weighted by molar-refractivity contribution is -0.139. The summed E-state index contributed by atoms with van der Waals surface area (Å²) in [6.07, 6.45) is 1.78. The molecule has 1 aromatic carbocycles. The molecule has 24 heavy (non-hydrogen) atoms. The molecule has 5 heteroatoms. The maximum Gasteiger partial charge on any atom is 0.310 e. The molecular formula is C19H19NO4. The van der Waals surface area contributed by atoms with Gasteiger partial charge in [-0.2, -0.15) is 0 Å². The molecule has 124 valence electrons. The average molecular weight is 325 g/mol. The number of carbonyl (C=O) groups excluding carboxylic acids is 1. The van der Waals surface area contributed by atoms with Crippen LogP contribution >= 0.6 is 0 Å². The molecule has 0 N–H and O–H groups in total. The van der Waals surface area contributed by atoms with Crippen LogP contribution in [0, 0.1) is 13.8 Å². The van der Waals surface area contributed by atoms with Gasteiger partial charge in [-0.15, -0.1) is 0 Å². The normalized spacial score (nSPS) is 10.8. The number of hydrogen-bond acceptors (Lipinski definition) is 5. The Morgan fingerprint density at radius 3 is 2.75 bits per heavy atom. The number of fused-ring (bicyclic) bond motifs is 1. The highest BCUT2D eigenvalue weighted by Crippen LogP contribution is 2.26. The Hall–Kier alpha value is -2.82. The van der Waals surface area contributed by atoms with Crippen LogP contribution in [-0.2, 0) is 22.6 Å². The third-order valence-corrected chi connectivity index (χ3v) is 3.92. The summed E-state index contributed by atoms with van der Waals surface area (Å²) in [6.45, 7) is 4.38. The summed E-state index contributed by atoms with van der Waals surface area (Å²) in [5.41, 5.74) is 4.50. The van der Waals surface area contributed by atoms with Gasteiger partial charge in [0.2, 0.25) is 0 Å². The molecule has 0 amide bonds. The van der Waals surface area contributed by atoms with E-state index in [0.29, 0.717) is 17.9 Å². The first-order valence-corrected chi connectivity index (χ1v) is 7.69. The van der Waals surface area contributed by atoms with Crippen molar-refractivity contribution in [2.24, 2.45) is 0 Å². The highest BCUT2D eigenvalue weighted by Gasteiger charge is 2.11. The van der Waals surface area contributed by atoms with Gasteiger partial charge in [0.25, 0.3) is 0 Å². The standard InChI is InChI=1S/C19H19NO4/c1-12-4-5-14(13(2)20-12)10-23-16-6-7-17-15(8-19(21)22-3)11-24-18(17)9-16/h4-7,9,11H,8,10H2,1-3H3. The van der Waals surface area contributed by atoms with Crippen LogP contribution in [0.25, 0.3) is 11.0 Å². The molecular weight excluding hydrogens is 306 g/mol. The van der Waals surface area contributed by atoms with Gasteiger partial charge in [0.05, 0.1) is 19.8 Å². The summed E-state index contributed by atoms with van der Waals surface area (Å²) < 4.78 is 16.1. The molecule has 0 spiro atoms. The van der Waals surface area contributed by atoms with Gasteiger partial charge in [-0.25, -0.2) is 0 Å². The first-order valence-electron chi connectivity index (χ1n) is 7.69. The number of methoxy groups -OCH3 is 1. The van der Waals surface area contributed by atoms with Gasteiger partial charge < -0.3 is 13.9 Å². The van der Waals surface area contributed by atoms with Crippen LogP contribution in [-0.4, -0.2) is 18.1 Å². The lowest BCUT2D eigenvalue weighted by Crippen LogP contribution is -2.03. The van der Waals surface area contributed by atoms with Crippen LogP contribution in [0.1, 0.15) is 22.5 Å². The quantitative estimate of drug-likeness (QED) is 0.669. The second-order valence-electron chi connectivity index (χ2n) is 5.66. The molecule has 0 bridgehead atoms. The average Bonchev–Trinajstić information content (AvgIpc) is 2.96. The predicted molar refractivity (Wildman–Crippen MR) is 90.0 cm³/mol. The summed E-state index contributed by atoms with van der Waals surface area (Å²) in [4.78, 5) is 15.8. The number of rotatable bonds is 5. The maximum absolute atomic E-state index is 11.4. The van der Waals surface area contributed by atoms with E-state index < -0.39 is 0 Å². The largest absolute Gasteiger partial charge is 0.489 e. The lowest BCUT2D eigenvalue weighted by atomic mass is 10.1. The van der Waals surface area contributed by atoms with E-state index >= 15 is 0 Å². The zero-order valence-electron chi connectivity index (χ0n) is 14.0. The third-order valence-electron chi connectivity index (χ3n) is 3.92. The number of aryl methyl sites for hydroxylation is 2. The zero-order valence-corrected chi connectivity index (χ0v) is 14.0. The molecule has 2 aromatic heterocycles. The first kappa shape index (κ1) is 16.1. The fourth-order valence-electron chi connectivity index (χ4n) is 2.55. The van der Waals surface area contributed by atoms with Crippen molar-refractivity contribution in [1.82, 2.24) is 4.98 Å². The highest BCUT2D eigenvalue weighted by molar-refractivity contribution is 5.86. The fraction of sp³-hybridized carbons (Fsp3) is 0.263. The van der Waals surface area contributed by atoms with E-state index in [4.69, 9.17) is 13.9 Å². The molecule has 3 aromatic rings. The van der Waals surface area contributed by atoms with Gasteiger partial charge in [-0.1, -0.05) is 6.07 Å². The molecule has 2 heterocycles. The number of hydrogen-bond donors (Lipinski definition) is 0.